The number of hydrogen-bond donors (Lipinski definition) is 2. The molecule has 0 bridgehead atoms. The standard InChI is InChI=1S/C12H15N3O6S/c13-12(11(16)17)5-7-14(8-6-12)22(20,21)10-3-1-9(2-4-10)15(18)19/h1-4H,5-8,13H2,(H,16,17). The summed E-state index contributed by atoms with van der Waals surface area (Å²) in [5, 5.41) is 19.6. The van der Waals surface area contributed by atoms with Gasteiger partial charge in [-0.25, -0.2) is 8.42 Å². The summed E-state index contributed by atoms with van der Waals surface area (Å²) < 4.78 is 26.0. The highest BCUT2D eigenvalue weighted by molar-refractivity contribution is 7.89. The molecule has 0 unspecified atom stereocenters. The predicted octanol–water partition coefficient (Wildman–Crippen LogP) is 0.161. The van der Waals surface area contributed by atoms with Crippen LogP contribution in [0.25, 0.3) is 0 Å². The van der Waals surface area contributed by atoms with Gasteiger partial charge in [0.15, 0.2) is 0 Å². The summed E-state index contributed by atoms with van der Waals surface area (Å²) in [6.45, 7) is -0.0236. The molecule has 22 heavy (non-hydrogen) atoms. The highest BCUT2D eigenvalue weighted by Gasteiger charge is 2.41. The van der Waals surface area contributed by atoms with Crippen LogP contribution in [0.15, 0.2) is 29.2 Å². The first-order valence-corrected chi connectivity index (χ1v) is 7.88. The van der Waals surface area contributed by atoms with E-state index in [2.05, 4.69) is 0 Å². The Morgan fingerprint density at radius 2 is 1.77 bits per heavy atom. The van der Waals surface area contributed by atoms with Gasteiger partial charge in [0.1, 0.15) is 5.54 Å². The Morgan fingerprint density at radius 1 is 1.27 bits per heavy atom. The minimum Gasteiger partial charge on any atom is -0.480 e. The van der Waals surface area contributed by atoms with Gasteiger partial charge >= 0.3 is 5.97 Å². The van der Waals surface area contributed by atoms with Crippen LogP contribution in [0.4, 0.5) is 5.69 Å². The number of aliphatic carboxylic acids is 1. The van der Waals surface area contributed by atoms with Crippen LogP contribution in [-0.2, 0) is 14.8 Å². The van der Waals surface area contributed by atoms with Crippen molar-refractivity contribution >= 4 is 21.7 Å². The lowest BCUT2D eigenvalue weighted by Gasteiger charge is -2.35. The van der Waals surface area contributed by atoms with Gasteiger partial charge < -0.3 is 10.8 Å². The number of sulfonamides is 1. The van der Waals surface area contributed by atoms with Gasteiger partial charge in [-0.05, 0) is 25.0 Å². The number of piperidine rings is 1. The minimum absolute atomic E-state index is 0.00848. The predicted molar refractivity (Wildman–Crippen MR) is 75.6 cm³/mol. The van der Waals surface area contributed by atoms with E-state index in [-0.39, 0.29) is 36.5 Å². The van der Waals surface area contributed by atoms with Crippen LogP contribution in [0, 0.1) is 10.1 Å². The lowest BCUT2D eigenvalue weighted by Crippen LogP contribution is -2.56. The van der Waals surface area contributed by atoms with E-state index in [9.17, 15) is 23.3 Å². The Kier molecular flexibility index (Phi) is 4.18. The van der Waals surface area contributed by atoms with Crippen molar-refractivity contribution in [3.63, 3.8) is 0 Å². The topological polar surface area (TPSA) is 144 Å². The summed E-state index contributed by atoms with van der Waals surface area (Å²) in [6, 6.07) is 4.55. The zero-order valence-electron chi connectivity index (χ0n) is 11.5. The summed E-state index contributed by atoms with van der Waals surface area (Å²) in [4.78, 5) is 20.9. The first kappa shape index (κ1) is 16.3. The molecular weight excluding hydrogens is 314 g/mol. The minimum atomic E-state index is -3.82. The summed E-state index contributed by atoms with van der Waals surface area (Å²) in [6.07, 6.45) is 0.0170. The summed E-state index contributed by atoms with van der Waals surface area (Å²) in [7, 11) is -3.82. The molecule has 1 saturated heterocycles. The van der Waals surface area contributed by atoms with E-state index in [4.69, 9.17) is 10.8 Å². The molecule has 0 saturated carbocycles. The quantitative estimate of drug-likeness (QED) is 0.591. The molecule has 2 rings (SSSR count). The highest BCUT2D eigenvalue weighted by atomic mass is 32.2. The van der Waals surface area contributed by atoms with Crippen LogP contribution in [0.2, 0.25) is 0 Å². The van der Waals surface area contributed by atoms with Gasteiger partial charge in [-0.15, -0.1) is 0 Å². The number of carboxylic acid groups (broad SMARTS) is 1. The number of non-ortho nitro benzene ring substituents is 1. The Bertz CT molecular complexity index is 692. The molecule has 120 valence electrons. The summed E-state index contributed by atoms with van der Waals surface area (Å²) >= 11 is 0. The van der Waals surface area contributed by atoms with E-state index in [0.717, 1.165) is 28.6 Å². The average Bonchev–Trinajstić information content (AvgIpc) is 2.47. The Morgan fingerprint density at radius 3 is 2.18 bits per heavy atom. The number of rotatable bonds is 4. The van der Waals surface area contributed by atoms with E-state index in [1.807, 2.05) is 0 Å². The smallest absolute Gasteiger partial charge is 0.323 e. The maximum Gasteiger partial charge on any atom is 0.323 e. The first-order valence-electron chi connectivity index (χ1n) is 6.44. The van der Waals surface area contributed by atoms with Gasteiger partial charge in [-0.1, -0.05) is 0 Å². The third kappa shape index (κ3) is 2.93. The molecule has 0 radical (unpaired) electrons. The number of nitrogens with two attached hydrogens (primary N) is 1. The van der Waals surface area contributed by atoms with Crippen molar-refractivity contribution in [2.45, 2.75) is 23.3 Å². The number of benzene rings is 1. The SMILES string of the molecule is NC1(C(=O)O)CCN(S(=O)(=O)c2ccc([N+](=O)[O-])cc2)CC1. The van der Waals surface area contributed by atoms with E-state index in [0.29, 0.717) is 0 Å². The summed E-state index contributed by atoms with van der Waals surface area (Å²) in [5.74, 6) is -1.15. The van der Waals surface area contributed by atoms with Crippen LogP contribution in [0.1, 0.15) is 12.8 Å². The van der Waals surface area contributed by atoms with E-state index < -0.39 is 26.5 Å². The second-order valence-electron chi connectivity index (χ2n) is 5.12. The monoisotopic (exact) mass is 329 g/mol. The normalized spacial score (nSPS) is 18.8. The lowest BCUT2D eigenvalue weighted by atomic mass is 9.90. The third-order valence-electron chi connectivity index (χ3n) is 3.73. The molecule has 1 aromatic rings. The van der Waals surface area contributed by atoms with Crippen molar-refractivity contribution < 1.29 is 23.2 Å². The summed E-state index contributed by atoms with van der Waals surface area (Å²) in [5.41, 5.74) is 4.08. The van der Waals surface area contributed by atoms with Crippen molar-refractivity contribution in [3.8, 4) is 0 Å². The molecular formula is C12H15N3O6S. The van der Waals surface area contributed by atoms with Crippen molar-refractivity contribution in [3.05, 3.63) is 34.4 Å². The van der Waals surface area contributed by atoms with E-state index in [1.54, 1.807) is 0 Å². The molecule has 3 N–H and O–H groups in total. The van der Waals surface area contributed by atoms with Crippen molar-refractivity contribution in [2.24, 2.45) is 5.73 Å². The number of nitro groups is 1. The van der Waals surface area contributed by atoms with Crippen LogP contribution < -0.4 is 5.73 Å². The molecule has 0 atom stereocenters. The van der Waals surface area contributed by atoms with E-state index in [1.165, 1.54) is 0 Å². The molecule has 1 aliphatic heterocycles. The number of nitro benzene ring substituents is 1. The van der Waals surface area contributed by atoms with Crippen LogP contribution in [0.5, 0.6) is 0 Å². The largest absolute Gasteiger partial charge is 0.480 e. The van der Waals surface area contributed by atoms with E-state index >= 15 is 0 Å². The second-order valence-corrected chi connectivity index (χ2v) is 7.05. The van der Waals surface area contributed by atoms with Crippen LogP contribution in [-0.4, -0.2) is 47.4 Å². The van der Waals surface area contributed by atoms with Crippen molar-refractivity contribution in [1.29, 1.82) is 0 Å². The Hall–Kier alpha value is -2.04. The zero-order chi connectivity index (χ0) is 16.5. The molecule has 1 heterocycles. The molecule has 10 heteroatoms. The van der Waals surface area contributed by atoms with Gasteiger partial charge in [0.05, 0.1) is 9.82 Å². The van der Waals surface area contributed by atoms with Gasteiger partial charge in [0.25, 0.3) is 5.69 Å². The maximum absolute atomic E-state index is 12.4. The fourth-order valence-corrected chi connectivity index (χ4v) is 3.67. The number of hydrogen-bond acceptors (Lipinski definition) is 6. The fraction of sp³-hybridized carbons (Fsp3) is 0.417. The molecule has 1 aromatic carbocycles. The molecule has 0 aliphatic carbocycles. The second kappa shape index (κ2) is 5.63. The maximum atomic E-state index is 12.4. The highest BCUT2D eigenvalue weighted by Crippen LogP contribution is 2.26. The van der Waals surface area contributed by atoms with Gasteiger partial charge in [0.2, 0.25) is 10.0 Å². The van der Waals surface area contributed by atoms with Crippen LogP contribution >= 0.6 is 0 Å². The van der Waals surface area contributed by atoms with Crippen LogP contribution in [0.3, 0.4) is 0 Å². The zero-order valence-corrected chi connectivity index (χ0v) is 12.3. The fourth-order valence-electron chi connectivity index (χ4n) is 2.23. The molecule has 1 aliphatic rings. The molecule has 0 aromatic heterocycles. The molecule has 0 amide bonds. The molecule has 1 fully saturated rings. The number of carbonyl (C=O) groups is 1. The number of carboxylic acids is 1. The average molecular weight is 329 g/mol. The van der Waals surface area contributed by atoms with Gasteiger partial charge in [-0.2, -0.15) is 4.31 Å². The Balaban J connectivity index is 2.18. The van der Waals surface area contributed by atoms with Gasteiger partial charge in [-0.3, -0.25) is 14.9 Å². The number of nitrogens with zero attached hydrogens (tertiary/aromatic N) is 2. The third-order valence-corrected chi connectivity index (χ3v) is 5.64. The van der Waals surface area contributed by atoms with Crippen molar-refractivity contribution in [1.82, 2.24) is 4.31 Å². The van der Waals surface area contributed by atoms with Crippen molar-refractivity contribution in [2.75, 3.05) is 13.1 Å². The first-order chi connectivity index (χ1) is 10.2. The lowest BCUT2D eigenvalue weighted by molar-refractivity contribution is -0.384. The van der Waals surface area contributed by atoms with Gasteiger partial charge in [0, 0.05) is 25.2 Å². The Labute approximate surface area is 126 Å². The molecule has 9 nitrogen and oxygen atoms in total. The molecule has 0 spiro atoms.